The molecule has 152 valence electrons. The molecule has 1 atom stereocenters. The van der Waals surface area contributed by atoms with Crippen molar-refractivity contribution >= 4 is 33.8 Å². The molecule has 1 aromatic carbocycles. The predicted octanol–water partition coefficient (Wildman–Crippen LogP) is 2.87. The van der Waals surface area contributed by atoms with Crippen molar-refractivity contribution in [1.29, 1.82) is 0 Å². The van der Waals surface area contributed by atoms with Gasteiger partial charge < -0.3 is 19.5 Å². The van der Waals surface area contributed by atoms with E-state index in [2.05, 4.69) is 0 Å². The maximum atomic E-state index is 12.7. The molecular formula is C22H24N2O5. The Morgan fingerprint density at radius 1 is 1.17 bits per heavy atom. The van der Waals surface area contributed by atoms with Crippen LogP contribution in [0.3, 0.4) is 0 Å². The van der Waals surface area contributed by atoms with Crippen LogP contribution in [0.4, 0.5) is 0 Å². The number of furan rings is 1. The van der Waals surface area contributed by atoms with E-state index in [-0.39, 0.29) is 18.7 Å². The topological polar surface area (TPSA) is 107 Å². The Morgan fingerprint density at radius 3 is 2.66 bits per heavy atom. The van der Waals surface area contributed by atoms with E-state index in [1.807, 2.05) is 26.8 Å². The second kappa shape index (κ2) is 7.06. The molecule has 1 saturated heterocycles. The fraction of sp³-hybridized carbons (Fsp3) is 0.409. The summed E-state index contributed by atoms with van der Waals surface area (Å²) in [5, 5.41) is 1.83. The third kappa shape index (κ3) is 3.10. The molecule has 0 aliphatic carbocycles. The Hall–Kier alpha value is -3.09. The highest BCUT2D eigenvalue weighted by Crippen LogP contribution is 2.32. The molecule has 2 aromatic heterocycles. The standard InChI is InChI=1S/C22H24N2O5/c1-11-10-28-19-13(3)20-16(9-15(11)19)12(2)14(22(27)29-20)6-7-18(25)24-8-4-5-17(24)21(23)26/h9-10,17H,4-8H2,1-3H3,(H2,23,26)/t17-/m0/s1. The maximum Gasteiger partial charge on any atom is 0.339 e. The predicted molar refractivity (Wildman–Crippen MR) is 109 cm³/mol. The summed E-state index contributed by atoms with van der Waals surface area (Å²) in [6.45, 7) is 6.24. The molecule has 4 rings (SSSR count). The lowest BCUT2D eigenvalue weighted by Crippen LogP contribution is -2.43. The number of fused-ring (bicyclic) bond motifs is 2. The summed E-state index contributed by atoms with van der Waals surface area (Å²) in [6.07, 6.45) is 3.43. The highest BCUT2D eigenvalue weighted by molar-refractivity contribution is 5.99. The average Bonchev–Trinajstić information content (AvgIpc) is 3.30. The Morgan fingerprint density at radius 2 is 1.93 bits per heavy atom. The zero-order valence-corrected chi connectivity index (χ0v) is 16.8. The minimum atomic E-state index is -0.545. The van der Waals surface area contributed by atoms with Crippen molar-refractivity contribution in [2.24, 2.45) is 5.73 Å². The van der Waals surface area contributed by atoms with Gasteiger partial charge in [-0.25, -0.2) is 4.79 Å². The van der Waals surface area contributed by atoms with Crippen LogP contribution < -0.4 is 11.4 Å². The van der Waals surface area contributed by atoms with Gasteiger partial charge in [-0.1, -0.05) is 0 Å². The summed E-state index contributed by atoms with van der Waals surface area (Å²) in [6, 6.07) is 1.43. The second-order valence-electron chi connectivity index (χ2n) is 7.81. The van der Waals surface area contributed by atoms with E-state index in [4.69, 9.17) is 14.6 Å². The minimum Gasteiger partial charge on any atom is -0.464 e. The van der Waals surface area contributed by atoms with Crippen LogP contribution in [0.5, 0.6) is 0 Å². The molecule has 3 aromatic rings. The van der Waals surface area contributed by atoms with Gasteiger partial charge in [0.15, 0.2) is 0 Å². The average molecular weight is 396 g/mol. The molecule has 0 unspecified atom stereocenters. The highest BCUT2D eigenvalue weighted by Gasteiger charge is 2.32. The van der Waals surface area contributed by atoms with Gasteiger partial charge in [0.25, 0.3) is 0 Å². The molecule has 7 nitrogen and oxygen atoms in total. The summed E-state index contributed by atoms with van der Waals surface area (Å²) in [5.74, 6) is -0.644. The van der Waals surface area contributed by atoms with Gasteiger partial charge in [-0.05, 0) is 57.2 Å². The van der Waals surface area contributed by atoms with E-state index >= 15 is 0 Å². The molecule has 29 heavy (non-hydrogen) atoms. The molecule has 0 saturated carbocycles. The van der Waals surface area contributed by atoms with E-state index in [0.29, 0.717) is 29.7 Å². The molecule has 1 aliphatic heterocycles. The van der Waals surface area contributed by atoms with Gasteiger partial charge in [0.05, 0.1) is 6.26 Å². The van der Waals surface area contributed by atoms with E-state index in [9.17, 15) is 14.4 Å². The van der Waals surface area contributed by atoms with Gasteiger partial charge in [-0.2, -0.15) is 0 Å². The van der Waals surface area contributed by atoms with Gasteiger partial charge in [-0.3, -0.25) is 9.59 Å². The third-order valence-electron chi connectivity index (χ3n) is 6.03. The van der Waals surface area contributed by atoms with Crippen LogP contribution in [0, 0.1) is 20.8 Å². The monoisotopic (exact) mass is 396 g/mol. The Bertz CT molecular complexity index is 1200. The van der Waals surface area contributed by atoms with Crippen LogP contribution in [0.15, 0.2) is 26.0 Å². The Labute approximate surface area is 167 Å². The summed E-state index contributed by atoms with van der Waals surface area (Å²) >= 11 is 0. The number of hydrogen-bond donors (Lipinski definition) is 1. The number of hydrogen-bond acceptors (Lipinski definition) is 5. The Balaban J connectivity index is 1.68. The maximum absolute atomic E-state index is 12.7. The minimum absolute atomic E-state index is 0.132. The van der Waals surface area contributed by atoms with Crippen molar-refractivity contribution in [2.45, 2.75) is 52.5 Å². The molecular weight excluding hydrogens is 372 g/mol. The number of nitrogens with zero attached hydrogens (tertiary/aromatic N) is 1. The Kier molecular flexibility index (Phi) is 4.68. The van der Waals surface area contributed by atoms with Crippen molar-refractivity contribution in [1.82, 2.24) is 4.90 Å². The zero-order chi connectivity index (χ0) is 20.9. The number of carbonyl (C=O) groups is 2. The van der Waals surface area contributed by atoms with E-state index < -0.39 is 17.6 Å². The van der Waals surface area contributed by atoms with Crippen LogP contribution in [-0.2, 0) is 16.0 Å². The van der Waals surface area contributed by atoms with Crippen LogP contribution in [0.1, 0.15) is 41.5 Å². The van der Waals surface area contributed by atoms with Gasteiger partial charge in [0, 0.05) is 34.9 Å². The van der Waals surface area contributed by atoms with Crippen LogP contribution in [-0.4, -0.2) is 29.3 Å². The van der Waals surface area contributed by atoms with Crippen LogP contribution in [0.25, 0.3) is 21.9 Å². The van der Waals surface area contributed by atoms with Gasteiger partial charge >= 0.3 is 5.63 Å². The normalized spacial score (nSPS) is 16.8. The largest absolute Gasteiger partial charge is 0.464 e. The van der Waals surface area contributed by atoms with Crippen LogP contribution >= 0.6 is 0 Å². The van der Waals surface area contributed by atoms with Crippen molar-refractivity contribution in [3.63, 3.8) is 0 Å². The second-order valence-corrected chi connectivity index (χ2v) is 7.81. The lowest BCUT2D eigenvalue weighted by Gasteiger charge is -2.22. The lowest BCUT2D eigenvalue weighted by atomic mass is 9.98. The van der Waals surface area contributed by atoms with Gasteiger partial charge in [0.2, 0.25) is 11.8 Å². The number of carbonyl (C=O) groups excluding carboxylic acids is 2. The number of benzene rings is 1. The first-order valence-electron chi connectivity index (χ1n) is 9.82. The SMILES string of the molecule is Cc1coc2c(C)c3oc(=O)c(CCC(=O)N4CCC[C@H]4C(N)=O)c(C)c3cc12. The molecule has 0 radical (unpaired) electrons. The highest BCUT2D eigenvalue weighted by atomic mass is 16.4. The molecule has 1 aliphatic rings. The zero-order valence-electron chi connectivity index (χ0n) is 16.8. The fourth-order valence-corrected chi connectivity index (χ4v) is 4.34. The number of rotatable bonds is 4. The summed E-state index contributed by atoms with van der Waals surface area (Å²) in [4.78, 5) is 38.4. The molecule has 1 fully saturated rings. The van der Waals surface area contributed by atoms with Crippen molar-refractivity contribution in [2.75, 3.05) is 6.54 Å². The first-order valence-corrected chi connectivity index (χ1v) is 9.82. The molecule has 2 amide bonds. The van der Waals surface area contributed by atoms with Crippen LogP contribution in [0.2, 0.25) is 0 Å². The number of primary amides is 1. The number of likely N-dealkylation sites (tertiary alicyclic amines) is 1. The number of aryl methyl sites for hydroxylation is 3. The summed E-state index contributed by atoms with van der Waals surface area (Å²) in [5.41, 5.74) is 9.28. The number of amides is 2. The lowest BCUT2D eigenvalue weighted by molar-refractivity contribution is -0.137. The smallest absolute Gasteiger partial charge is 0.339 e. The van der Waals surface area contributed by atoms with Crippen molar-refractivity contribution < 1.29 is 18.4 Å². The summed E-state index contributed by atoms with van der Waals surface area (Å²) < 4.78 is 11.2. The first-order chi connectivity index (χ1) is 13.8. The van der Waals surface area contributed by atoms with Crippen molar-refractivity contribution in [3.8, 4) is 0 Å². The molecule has 0 spiro atoms. The quantitative estimate of drug-likeness (QED) is 0.683. The van der Waals surface area contributed by atoms with E-state index in [1.165, 1.54) is 4.90 Å². The van der Waals surface area contributed by atoms with E-state index in [0.717, 1.165) is 33.9 Å². The first kappa shape index (κ1) is 19.2. The van der Waals surface area contributed by atoms with Gasteiger partial charge in [0.1, 0.15) is 17.2 Å². The molecule has 0 bridgehead atoms. The van der Waals surface area contributed by atoms with Gasteiger partial charge in [-0.15, -0.1) is 0 Å². The summed E-state index contributed by atoms with van der Waals surface area (Å²) in [7, 11) is 0. The molecule has 3 heterocycles. The van der Waals surface area contributed by atoms with Crippen molar-refractivity contribution in [3.05, 3.63) is 45.0 Å². The molecule has 2 N–H and O–H groups in total. The fourth-order valence-electron chi connectivity index (χ4n) is 4.34. The third-order valence-corrected chi connectivity index (χ3v) is 6.03. The molecule has 7 heteroatoms. The van der Waals surface area contributed by atoms with E-state index in [1.54, 1.807) is 6.26 Å². The number of nitrogens with two attached hydrogens (primary N) is 1.